The van der Waals surface area contributed by atoms with Gasteiger partial charge in [0, 0.05) is 17.3 Å². The minimum absolute atomic E-state index is 0.00910. The monoisotopic (exact) mass is 443 g/mol. The van der Waals surface area contributed by atoms with Crippen LogP contribution in [0.4, 0.5) is 22.0 Å². The smallest absolute Gasteiger partial charge is 0.416 e. The molecular weight excluding hydrogens is 421 g/mol. The lowest BCUT2D eigenvalue weighted by atomic mass is 9.96. The van der Waals surface area contributed by atoms with Gasteiger partial charge in [-0.1, -0.05) is 19.3 Å². The number of halogens is 5. The molecule has 0 radical (unpaired) electrons. The molecule has 31 heavy (non-hydrogen) atoms. The van der Waals surface area contributed by atoms with Crippen LogP contribution in [0.3, 0.4) is 0 Å². The second-order valence-electron chi connectivity index (χ2n) is 7.33. The van der Waals surface area contributed by atoms with Crippen LogP contribution in [0.1, 0.15) is 50.2 Å². The number of rotatable bonds is 5. The van der Waals surface area contributed by atoms with E-state index in [0.29, 0.717) is 12.0 Å². The van der Waals surface area contributed by atoms with Crippen molar-refractivity contribution >= 4 is 17.4 Å². The highest BCUT2D eigenvalue weighted by Gasteiger charge is 2.33. The Hall–Kier alpha value is -2.98. The van der Waals surface area contributed by atoms with Crippen molar-refractivity contribution in [1.29, 1.82) is 5.41 Å². The molecule has 1 saturated carbocycles. The number of hydrogen-bond donors (Lipinski definition) is 3. The third kappa shape index (κ3) is 6.02. The van der Waals surface area contributed by atoms with E-state index >= 15 is 0 Å². The summed E-state index contributed by atoms with van der Waals surface area (Å²) in [6.45, 7) is -1.83. The van der Waals surface area contributed by atoms with Gasteiger partial charge in [0.25, 0.3) is 0 Å². The highest BCUT2D eigenvalue weighted by molar-refractivity contribution is 6.19. The number of alkyl halides is 5. The highest BCUT2D eigenvalue weighted by atomic mass is 19.4. The van der Waals surface area contributed by atoms with E-state index in [9.17, 15) is 22.0 Å². The molecule has 1 aromatic carbocycles. The minimum atomic E-state index is -4.73. The molecule has 0 atom stereocenters. The normalized spacial score (nSPS) is 19.0. The summed E-state index contributed by atoms with van der Waals surface area (Å²) < 4.78 is 69.2. The second-order valence-corrected chi connectivity index (χ2v) is 7.33. The average Bonchev–Trinajstić information content (AvgIpc) is 2.68. The molecule has 3 N–H and O–H groups in total. The van der Waals surface area contributed by atoms with Gasteiger partial charge in [-0.25, -0.2) is 0 Å². The molecule has 0 unspecified atom stereocenters. The molecule has 0 saturated heterocycles. The van der Waals surface area contributed by atoms with Crippen molar-refractivity contribution in [2.24, 2.45) is 10.2 Å². The van der Waals surface area contributed by atoms with Crippen molar-refractivity contribution in [3.8, 4) is 5.75 Å². The van der Waals surface area contributed by atoms with Gasteiger partial charge in [0.1, 0.15) is 11.5 Å². The highest BCUT2D eigenvalue weighted by Crippen LogP contribution is 2.35. The van der Waals surface area contributed by atoms with Crippen LogP contribution in [0.15, 0.2) is 40.2 Å². The van der Waals surface area contributed by atoms with Crippen molar-refractivity contribution in [3.63, 3.8) is 0 Å². The Labute approximate surface area is 175 Å². The van der Waals surface area contributed by atoms with Crippen LogP contribution < -0.4 is 15.4 Å². The van der Waals surface area contributed by atoms with Gasteiger partial charge < -0.3 is 20.8 Å². The van der Waals surface area contributed by atoms with Gasteiger partial charge in [-0.05, 0) is 44.0 Å². The van der Waals surface area contributed by atoms with Gasteiger partial charge in [-0.15, -0.1) is 10.2 Å². The van der Waals surface area contributed by atoms with Crippen LogP contribution in [0, 0.1) is 5.41 Å². The topological polar surface area (TPSA) is 81.9 Å². The number of allylic oxidation sites excluding steroid dienone is 2. The molecule has 0 spiro atoms. The first kappa shape index (κ1) is 22.7. The fraction of sp³-hybridized carbons (Fsp3) is 0.450. The molecule has 168 valence electrons. The molecule has 0 amide bonds. The predicted molar refractivity (Wildman–Crippen MR) is 107 cm³/mol. The number of benzene rings is 1. The first-order valence-corrected chi connectivity index (χ1v) is 9.76. The largest absolute Gasteiger partial charge is 0.434 e. The van der Waals surface area contributed by atoms with E-state index in [1.807, 2.05) is 0 Å². The molecule has 6 nitrogen and oxygen atoms in total. The lowest BCUT2D eigenvalue weighted by Crippen LogP contribution is -2.46. The number of hydrogen-bond acceptors (Lipinski definition) is 6. The maximum atomic E-state index is 13.0. The second kappa shape index (κ2) is 9.44. The van der Waals surface area contributed by atoms with Crippen molar-refractivity contribution in [1.82, 2.24) is 10.6 Å². The molecule has 1 fully saturated rings. The molecule has 11 heteroatoms. The summed E-state index contributed by atoms with van der Waals surface area (Å²) in [5.74, 6) is -0.357. The van der Waals surface area contributed by atoms with E-state index in [0.717, 1.165) is 37.8 Å². The van der Waals surface area contributed by atoms with E-state index in [-0.39, 0.29) is 28.7 Å². The maximum Gasteiger partial charge on any atom is 0.416 e. The van der Waals surface area contributed by atoms with Gasteiger partial charge in [-0.2, -0.15) is 22.0 Å². The van der Waals surface area contributed by atoms with E-state index in [4.69, 9.17) is 5.41 Å². The Bertz CT molecular complexity index is 917. The number of nitrogens with zero attached hydrogens (tertiary/aromatic N) is 2. The Balaban J connectivity index is 1.99. The Morgan fingerprint density at radius 2 is 1.94 bits per heavy atom. The van der Waals surface area contributed by atoms with Crippen molar-refractivity contribution in [3.05, 3.63) is 41.1 Å². The van der Waals surface area contributed by atoms with Gasteiger partial charge in [0.05, 0.1) is 11.3 Å². The quantitative estimate of drug-likeness (QED) is 0.451. The molecule has 1 aromatic rings. The predicted octanol–water partition coefficient (Wildman–Crippen LogP) is 4.82. The molecule has 1 aliphatic carbocycles. The fourth-order valence-electron chi connectivity index (χ4n) is 3.48. The zero-order valence-corrected chi connectivity index (χ0v) is 16.7. The summed E-state index contributed by atoms with van der Waals surface area (Å²) in [7, 11) is 0. The van der Waals surface area contributed by atoms with E-state index < -0.39 is 24.1 Å². The van der Waals surface area contributed by atoms with Crippen molar-refractivity contribution in [2.75, 3.05) is 0 Å². The zero-order chi connectivity index (χ0) is 22.6. The molecule has 3 rings (SSSR count). The van der Waals surface area contributed by atoms with E-state index in [2.05, 4.69) is 25.6 Å². The zero-order valence-electron chi connectivity index (χ0n) is 16.7. The molecule has 0 bridgehead atoms. The van der Waals surface area contributed by atoms with E-state index in [1.54, 1.807) is 0 Å². The van der Waals surface area contributed by atoms with Crippen LogP contribution in [-0.4, -0.2) is 30.0 Å². The summed E-state index contributed by atoms with van der Waals surface area (Å²) in [6.07, 6.45) is 1.92. The Morgan fingerprint density at radius 3 is 2.55 bits per heavy atom. The first-order valence-electron chi connectivity index (χ1n) is 9.76. The number of guanidine groups is 1. The van der Waals surface area contributed by atoms with Crippen LogP contribution in [0.25, 0.3) is 0 Å². The molecule has 1 aliphatic heterocycles. The molecule has 0 aromatic heterocycles. The third-order valence-corrected chi connectivity index (χ3v) is 4.85. The number of ether oxygens (including phenoxy) is 1. The molecule has 2 aliphatic rings. The van der Waals surface area contributed by atoms with Crippen molar-refractivity contribution in [2.45, 2.75) is 57.9 Å². The van der Waals surface area contributed by atoms with E-state index in [1.165, 1.54) is 19.4 Å². The van der Waals surface area contributed by atoms with Crippen LogP contribution in [0.5, 0.6) is 5.75 Å². The summed E-state index contributed by atoms with van der Waals surface area (Å²) in [5.41, 5.74) is -0.885. The Morgan fingerprint density at radius 1 is 1.23 bits per heavy atom. The maximum absolute atomic E-state index is 13.0. The van der Waals surface area contributed by atoms with Crippen molar-refractivity contribution < 1.29 is 26.7 Å². The average molecular weight is 443 g/mol. The molecular formula is C20H22F5N5O. The van der Waals surface area contributed by atoms with Gasteiger partial charge in [0.15, 0.2) is 0 Å². The minimum Gasteiger partial charge on any atom is -0.434 e. The van der Waals surface area contributed by atoms with Crippen LogP contribution in [0.2, 0.25) is 0 Å². The fourth-order valence-corrected chi connectivity index (χ4v) is 3.48. The van der Waals surface area contributed by atoms with Crippen LogP contribution >= 0.6 is 0 Å². The SMILES string of the molecule is CC(=N)/C=C1\NC(NC2CCCCC2)=NN=C1c1ccc(C(F)(F)F)cc1OC(F)F. The first-order chi connectivity index (χ1) is 14.6. The van der Waals surface area contributed by atoms with Crippen LogP contribution in [-0.2, 0) is 6.18 Å². The van der Waals surface area contributed by atoms with Gasteiger partial charge in [-0.3, -0.25) is 0 Å². The lowest BCUT2D eigenvalue weighted by Gasteiger charge is -2.27. The third-order valence-electron chi connectivity index (χ3n) is 4.85. The van der Waals surface area contributed by atoms with Gasteiger partial charge in [0.2, 0.25) is 5.96 Å². The summed E-state index contributed by atoms with van der Waals surface area (Å²) in [6, 6.07) is 2.45. The van der Waals surface area contributed by atoms with Gasteiger partial charge >= 0.3 is 12.8 Å². The number of nitrogens with one attached hydrogen (secondary N) is 3. The lowest BCUT2D eigenvalue weighted by molar-refractivity contribution is -0.138. The summed E-state index contributed by atoms with van der Waals surface area (Å²) in [4.78, 5) is 0. The summed E-state index contributed by atoms with van der Waals surface area (Å²) >= 11 is 0. The molecule has 1 heterocycles. The summed E-state index contributed by atoms with van der Waals surface area (Å²) in [5, 5.41) is 22.0. The standard InChI is InChI=1S/C20H22F5N5O/c1-11(26)9-15-17(29-30-19(28-15)27-13-5-3-2-4-6-13)14-8-7-12(20(23,24)25)10-16(14)31-18(21)22/h7-10,13,18,26H,2-6H2,1H3,(H2,27,28,30)/b15-9-,26-11?. The Kier molecular flexibility index (Phi) is 6.91.